The van der Waals surface area contributed by atoms with Gasteiger partial charge in [0.05, 0.1) is 18.9 Å². The summed E-state index contributed by atoms with van der Waals surface area (Å²) in [6.45, 7) is 13.3. The number of hydrogen-bond acceptors (Lipinski definition) is 6. The summed E-state index contributed by atoms with van der Waals surface area (Å²) in [5.41, 5.74) is -0.0407. The van der Waals surface area contributed by atoms with E-state index in [4.69, 9.17) is 14.6 Å². The van der Waals surface area contributed by atoms with E-state index in [2.05, 4.69) is 46.2 Å². The van der Waals surface area contributed by atoms with E-state index in [1.807, 2.05) is 0 Å². The zero-order valence-corrected chi connectivity index (χ0v) is 17.3. The fourth-order valence-corrected chi connectivity index (χ4v) is 3.55. The third kappa shape index (κ3) is 6.65. The summed E-state index contributed by atoms with van der Waals surface area (Å²) in [5, 5.41) is 9.10. The molecule has 1 atom stereocenters. The number of rotatable bonds is 8. The molecule has 0 bridgehead atoms. The molecule has 0 aromatic carbocycles. The second kappa shape index (κ2) is 8.87. The van der Waals surface area contributed by atoms with Gasteiger partial charge in [-0.3, -0.25) is 14.5 Å². The van der Waals surface area contributed by atoms with E-state index >= 15 is 0 Å². The van der Waals surface area contributed by atoms with Crippen molar-refractivity contribution in [1.82, 2.24) is 4.90 Å². The van der Waals surface area contributed by atoms with Crippen molar-refractivity contribution in [3.05, 3.63) is 12.2 Å². The van der Waals surface area contributed by atoms with Crippen molar-refractivity contribution >= 4 is 17.9 Å². The molecule has 0 radical (unpaired) electrons. The summed E-state index contributed by atoms with van der Waals surface area (Å²) in [6, 6.07) is 0. The standard InChI is InChI=1S/C20H33NO6/c1-13(2)17(24)26-9-8-14(10-16(22)23)18(25)27-15-11-19(3,4)21(7)20(5,6)12-15/h14-15H,1,8-12H2,2-7H3,(H,22,23). The zero-order chi connectivity index (χ0) is 21.0. The van der Waals surface area contributed by atoms with Crippen LogP contribution in [0.25, 0.3) is 0 Å². The lowest BCUT2D eigenvalue weighted by Crippen LogP contribution is -2.60. The SMILES string of the molecule is C=C(C)C(=O)OCCC(CC(=O)O)C(=O)OC1CC(C)(C)N(C)C(C)(C)C1. The van der Waals surface area contributed by atoms with Crippen molar-refractivity contribution in [2.45, 2.75) is 77.5 Å². The smallest absolute Gasteiger partial charge is 0.333 e. The number of likely N-dealkylation sites (tertiary alicyclic amines) is 1. The molecule has 0 saturated carbocycles. The minimum atomic E-state index is -1.09. The molecule has 1 saturated heterocycles. The number of carboxylic acids is 1. The van der Waals surface area contributed by atoms with Gasteiger partial charge in [0.25, 0.3) is 0 Å². The van der Waals surface area contributed by atoms with Gasteiger partial charge in [-0.25, -0.2) is 4.79 Å². The van der Waals surface area contributed by atoms with Crippen LogP contribution in [-0.2, 0) is 23.9 Å². The van der Waals surface area contributed by atoms with Crippen LogP contribution in [0, 0.1) is 5.92 Å². The Morgan fingerprint density at radius 2 is 1.70 bits per heavy atom. The summed E-state index contributed by atoms with van der Waals surface area (Å²) in [6.07, 6.45) is 0.798. The number of carboxylic acid groups (broad SMARTS) is 1. The zero-order valence-electron chi connectivity index (χ0n) is 17.3. The van der Waals surface area contributed by atoms with Crippen molar-refractivity contribution < 1.29 is 29.0 Å². The normalized spacial score (nSPS) is 20.5. The summed E-state index contributed by atoms with van der Waals surface area (Å²) in [4.78, 5) is 37.4. The van der Waals surface area contributed by atoms with Crippen LogP contribution in [-0.4, -0.2) is 58.8 Å². The molecule has 1 fully saturated rings. The largest absolute Gasteiger partial charge is 0.481 e. The van der Waals surface area contributed by atoms with Crippen LogP contribution < -0.4 is 0 Å². The Hall–Kier alpha value is -1.89. The van der Waals surface area contributed by atoms with E-state index < -0.39 is 23.8 Å². The topological polar surface area (TPSA) is 93.1 Å². The third-order valence-corrected chi connectivity index (χ3v) is 5.36. The summed E-state index contributed by atoms with van der Waals surface area (Å²) >= 11 is 0. The molecule has 7 heteroatoms. The van der Waals surface area contributed by atoms with Gasteiger partial charge in [0.15, 0.2) is 0 Å². The molecular weight excluding hydrogens is 350 g/mol. The number of aliphatic carboxylic acids is 1. The van der Waals surface area contributed by atoms with Gasteiger partial charge in [0.1, 0.15) is 6.10 Å². The molecule has 154 valence electrons. The number of piperidine rings is 1. The van der Waals surface area contributed by atoms with Crippen LogP contribution in [0.2, 0.25) is 0 Å². The van der Waals surface area contributed by atoms with Crippen LogP contribution in [0.3, 0.4) is 0 Å². The van der Waals surface area contributed by atoms with Gasteiger partial charge in [-0.15, -0.1) is 0 Å². The van der Waals surface area contributed by atoms with Gasteiger partial charge < -0.3 is 14.6 Å². The molecule has 27 heavy (non-hydrogen) atoms. The maximum atomic E-state index is 12.6. The lowest BCUT2D eigenvalue weighted by Gasteiger charge is -2.53. The molecule has 1 heterocycles. The average Bonchev–Trinajstić information content (AvgIpc) is 2.50. The molecule has 0 amide bonds. The fraction of sp³-hybridized carbons (Fsp3) is 0.750. The van der Waals surface area contributed by atoms with Gasteiger partial charge in [0.2, 0.25) is 0 Å². The fourth-order valence-electron chi connectivity index (χ4n) is 3.55. The Morgan fingerprint density at radius 1 is 1.19 bits per heavy atom. The van der Waals surface area contributed by atoms with Crippen molar-refractivity contribution in [2.24, 2.45) is 5.92 Å². The first kappa shape index (κ1) is 23.1. The molecule has 0 aliphatic carbocycles. The highest BCUT2D eigenvalue weighted by atomic mass is 16.5. The molecule has 7 nitrogen and oxygen atoms in total. The molecule has 1 aliphatic rings. The Kier molecular flexibility index (Phi) is 7.60. The number of carbonyl (C=O) groups is 3. The molecule has 1 aliphatic heterocycles. The minimum Gasteiger partial charge on any atom is -0.481 e. The summed E-state index contributed by atoms with van der Waals surface area (Å²) in [7, 11) is 2.06. The second-order valence-corrected chi connectivity index (χ2v) is 8.65. The quantitative estimate of drug-likeness (QED) is 0.509. The molecule has 1 N–H and O–H groups in total. The van der Waals surface area contributed by atoms with Gasteiger partial charge >= 0.3 is 17.9 Å². The van der Waals surface area contributed by atoms with E-state index in [1.54, 1.807) is 0 Å². The molecular formula is C20H33NO6. The third-order valence-electron chi connectivity index (χ3n) is 5.36. The highest BCUT2D eigenvalue weighted by Gasteiger charge is 2.44. The average molecular weight is 383 g/mol. The Bertz CT molecular complexity index is 577. The summed E-state index contributed by atoms with van der Waals surface area (Å²) in [5.74, 6) is -3.06. The predicted octanol–water partition coefficient (Wildman–Crippen LogP) is 2.78. The number of esters is 2. The van der Waals surface area contributed by atoms with Crippen LogP contribution in [0.1, 0.15) is 60.3 Å². The molecule has 1 rings (SSSR count). The predicted molar refractivity (Wildman–Crippen MR) is 101 cm³/mol. The van der Waals surface area contributed by atoms with E-state index in [-0.39, 0.29) is 42.2 Å². The first-order valence-corrected chi connectivity index (χ1v) is 9.25. The lowest BCUT2D eigenvalue weighted by atomic mass is 9.78. The highest BCUT2D eigenvalue weighted by Crippen LogP contribution is 2.38. The monoisotopic (exact) mass is 383 g/mol. The van der Waals surface area contributed by atoms with Gasteiger partial charge in [-0.05, 0) is 48.1 Å². The van der Waals surface area contributed by atoms with Gasteiger partial charge in [-0.1, -0.05) is 6.58 Å². The molecule has 1 unspecified atom stereocenters. The van der Waals surface area contributed by atoms with E-state index in [1.165, 1.54) is 6.92 Å². The maximum absolute atomic E-state index is 12.6. The van der Waals surface area contributed by atoms with Crippen LogP contribution in [0.5, 0.6) is 0 Å². The van der Waals surface area contributed by atoms with Crippen LogP contribution in [0.4, 0.5) is 0 Å². The van der Waals surface area contributed by atoms with Crippen LogP contribution >= 0.6 is 0 Å². The molecule has 0 spiro atoms. The molecule has 0 aromatic heterocycles. The number of hydrogen-bond donors (Lipinski definition) is 1. The second-order valence-electron chi connectivity index (χ2n) is 8.65. The Balaban J connectivity index is 2.74. The van der Waals surface area contributed by atoms with Crippen molar-refractivity contribution in [3.8, 4) is 0 Å². The van der Waals surface area contributed by atoms with Crippen LogP contribution in [0.15, 0.2) is 12.2 Å². The first-order valence-electron chi connectivity index (χ1n) is 9.25. The van der Waals surface area contributed by atoms with Crippen molar-refractivity contribution in [3.63, 3.8) is 0 Å². The van der Waals surface area contributed by atoms with Gasteiger partial charge in [-0.2, -0.15) is 0 Å². The first-order chi connectivity index (χ1) is 12.3. The number of carbonyl (C=O) groups excluding carboxylic acids is 2. The van der Waals surface area contributed by atoms with Crippen molar-refractivity contribution in [1.29, 1.82) is 0 Å². The highest BCUT2D eigenvalue weighted by molar-refractivity contribution is 5.87. The van der Waals surface area contributed by atoms with Gasteiger partial charge in [0, 0.05) is 29.5 Å². The molecule has 0 aromatic rings. The summed E-state index contributed by atoms with van der Waals surface area (Å²) < 4.78 is 10.7. The maximum Gasteiger partial charge on any atom is 0.333 e. The van der Waals surface area contributed by atoms with E-state index in [0.29, 0.717) is 12.8 Å². The minimum absolute atomic E-state index is 0.0524. The Labute approximate surface area is 161 Å². The van der Waals surface area contributed by atoms with E-state index in [0.717, 1.165) is 0 Å². The number of nitrogens with zero attached hydrogens (tertiary/aromatic N) is 1. The van der Waals surface area contributed by atoms with Crippen molar-refractivity contribution in [2.75, 3.05) is 13.7 Å². The number of ether oxygens (including phenoxy) is 2. The van der Waals surface area contributed by atoms with E-state index in [9.17, 15) is 14.4 Å². The lowest BCUT2D eigenvalue weighted by molar-refractivity contribution is -0.167. The Morgan fingerprint density at radius 3 is 2.15 bits per heavy atom.